The summed E-state index contributed by atoms with van der Waals surface area (Å²) in [7, 11) is 3.39. The molecule has 0 atom stereocenters. The van der Waals surface area contributed by atoms with E-state index >= 15 is 0 Å². The molecule has 3 rings (SSSR count). The van der Waals surface area contributed by atoms with Crippen molar-refractivity contribution < 1.29 is 4.79 Å². The maximum Gasteiger partial charge on any atom is 0.328 e. The Morgan fingerprint density at radius 1 is 1.07 bits per heavy atom. The fourth-order valence-electron chi connectivity index (χ4n) is 3.29. The van der Waals surface area contributed by atoms with Crippen LogP contribution < -0.4 is 16.6 Å². The van der Waals surface area contributed by atoms with Crippen LogP contribution in [0.4, 0.5) is 5.69 Å². The van der Waals surface area contributed by atoms with Crippen molar-refractivity contribution >= 4 is 22.6 Å². The number of aryl methyl sites for hydroxylation is 4. The van der Waals surface area contributed by atoms with Crippen molar-refractivity contribution in [3.8, 4) is 0 Å². The van der Waals surface area contributed by atoms with Crippen LogP contribution in [0.5, 0.6) is 0 Å². The van der Waals surface area contributed by atoms with E-state index in [0.717, 1.165) is 11.9 Å². The van der Waals surface area contributed by atoms with E-state index in [9.17, 15) is 14.4 Å². The van der Waals surface area contributed by atoms with E-state index in [4.69, 9.17) is 0 Å². The van der Waals surface area contributed by atoms with Crippen LogP contribution in [-0.2, 0) is 20.6 Å². The molecule has 2 heterocycles. The zero-order valence-corrected chi connectivity index (χ0v) is 16.9. The Bertz CT molecular complexity index is 1160. The molecule has 7 heteroatoms. The van der Waals surface area contributed by atoms with Crippen molar-refractivity contribution in [2.24, 2.45) is 20.0 Å². The van der Waals surface area contributed by atoms with Crippen LogP contribution in [0.3, 0.4) is 0 Å². The number of benzene rings is 1. The molecule has 0 spiro atoms. The molecule has 148 valence electrons. The average Bonchev–Trinajstić information content (AvgIpc) is 2.85. The van der Waals surface area contributed by atoms with E-state index < -0.39 is 5.91 Å². The van der Waals surface area contributed by atoms with Gasteiger partial charge in [0, 0.05) is 32.5 Å². The summed E-state index contributed by atoms with van der Waals surface area (Å²) in [6.45, 7) is 6.53. The van der Waals surface area contributed by atoms with Crippen molar-refractivity contribution in [3.63, 3.8) is 0 Å². The highest BCUT2D eigenvalue weighted by Crippen LogP contribution is 2.18. The maximum absolute atomic E-state index is 12.8. The first kappa shape index (κ1) is 19.7. The van der Waals surface area contributed by atoms with Crippen LogP contribution in [0.2, 0.25) is 0 Å². The Kier molecular flexibility index (Phi) is 5.27. The second-order valence-corrected chi connectivity index (χ2v) is 7.61. The maximum atomic E-state index is 12.8. The number of imidazole rings is 1. The molecule has 0 fully saturated rings. The van der Waals surface area contributed by atoms with E-state index in [2.05, 4.69) is 19.2 Å². The first-order chi connectivity index (χ1) is 13.2. The van der Waals surface area contributed by atoms with Gasteiger partial charge in [-0.05, 0) is 49.1 Å². The minimum atomic E-state index is -0.443. The van der Waals surface area contributed by atoms with Gasteiger partial charge in [-0.3, -0.25) is 18.7 Å². The summed E-state index contributed by atoms with van der Waals surface area (Å²) in [6, 6.07) is 7.05. The van der Waals surface area contributed by atoms with Gasteiger partial charge in [-0.1, -0.05) is 13.8 Å². The molecule has 7 nitrogen and oxygen atoms in total. The van der Waals surface area contributed by atoms with Gasteiger partial charge in [0.05, 0.1) is 11.0 Å². The summed E-state index contributed by atoms with van der Waals surface area (Å²) in [5.41, 5.74) is 2.39. The van der Waals surface area contributed by atoms with Crippen LogP contribution in [-0.4, -0.2) is 19.6 Å². The van der Waals surface area contributed by atoms with Gasteiger partial charge in [-0.15, -0.1) is 0 Å². The topological polar surface area (TPSA) is 78.0 Å². The van der Waals surface area contributed by atoms with Gasteiger partial charge in [0.15, 0.2) is 0 Å². The van der Waals surface area contributed by atoms with E-state index in [1.54, 1.807) is 60.6 Å². The van der Waals surface area contributed by atoms with Gasteiger partial charge in [0.25, 0.3) is 11.5 Å². The molecule has 0 bridgehead atoms. The third kappa shape index (κ3) is 3.52. The highest BCUT2D eigenvalue weighted by molar-refractivity contribution is 6.05. The number of anilines is 1. The molecular weight excluding hydrogens is 356 g/mol. The second kappa shape index (κ2) is 7.50. The van der Waals surface area contributed by atoms with E-state index in [0.29, 0.717) is 29.2 Å². The smallest absolute Gasteiger partial charge is 0.322 e. The van der Waals surface area contributed by atoms with Gasteiger partial charge in [0.1, 0.15) is 5.56 Å². The lowest BCUT2D eigenvalue weighted by Crippen LogP contribution is -2.30. The molecule has 0 saturated carbocycles. The van der Waals surface area contributed by atoms with Crippen molar-refractivity contribution in [2.75, 3.05) is 5.32 Å². The number of hydrogen-bond donors (Lipinski definition) is 1. The summed E-state index contributed by atoms with van der Waals surface area (Å²) < 4.78 is 4.67. The Morgan fingerprint density at radius 2 is 1.75 bits per heavy atom. The summed E-state index contributed by atoms with van der Waals surface area (Å²) in [5.74, 6) is 0.0244. The summed E-state index contributed by atoms with van der Waals surface area (Å²) in [5, 5.41) is 2.80. The van der Waals surface area contributed by atoms with Gasteiger partial charge in [-0.2, -0.15) is 0 Å². The monoisotopic (exact) mass is 382 g/mol. The zero-order chi connectivity index (χ0) is 20.6. The highest BCUT2D eigenvalue weighted by atomic mass is 16.2. The predicted octanol–water partition coefficient (Wildman–Crippen LogP) is 2.65. The Hall–Kier alpha value is -3.09. The number of fused-ring (bicyclic) bond motifs is 1. The van der Waals surface area contributed by atoms with Crippen molar-refractivity contribution in [3.05, 3.63) is 62.4 Å². The minimum Gasteiger partial charge on any atom is -0.322 e. The first-order valence-electron chi connectivity index (χ1n) is 9.37. The van der Waals surface area contributed by atoms with Gasteiger partial charge in [0.2, 0.25) is 0 Å². The van der Waals surface area contributed by atoms with Gasteiger partial charge in [-0.25, -0.2) is 4.79 Å². The average molecular weight is 382 g/mol. The number of carbonyl (C=O) groups excluding carboxylic acids is 1. The molecule has 0 radical (unpaired) electrons. The molecule has 0 saturated heterocycles. The number of pyridine rings is 1. The second-order valence-electron chi connectivity index (χ2n) is 7.61. The molecule has 28 heavy (non-hydrogen) atoms. The Balaban J connectivity index is 1.94. The molecule has 0 aliphatic heterocycles. The van der Waals surface area contributed by atoms with Crippen molar-refractivity contribution in [1.82, 2.24) is 13.7 Å². The lowest BCUT2D eigenvalue weighted by atomic mass is 10.1. The van der Waals surface area contributed by atoms with Gasteiger partial charge < -0.3 is 9.88 Å². The fraction of sp³-hybridized carbons (Fsp3) is 0.381. The summed E-state index contributed by atoms with van der Waals surface area (Å²) in [6.07, 6.45) is 2.60. The van der Waals surface area contributed by atoms with E-state index in [1.807, 2.05) is 0 Å². The van der Waals surface area contributed by atoms with Crippen LogP contribution in [0.25, 0.3) is 11.0 Å². The molecule has 0 unspecified atom stereocenters. The van der Waals surface area contributed by atoms with Crippen LogP contribution in [0.1, 0.15) is 36.2 Å². The summed E-state index contributed by atoms with van der Waals surface area (Å²) in [4.78, 5) is 37.7. The third-order valence-corrected chi connectivity index (χ3v) is 5.08. The Morgan fingerprint density at radius 3 is 2.43 bits per heavy atom. The number of carbonyl (C=O) groups is 1. The van der Waals surface area contributed by atoms with Gasteiger partial charge >= 0.3 is 5.69 Å². The highest BCUT2D eigenvalue weighted by Gasteiger charge is 2.17. The standard InChI is InChI=1S/C21H26N4O3/c1-13(2)8-10-25-11-9-14(3)18(20(25)27)19(26)22-15-6-7-16-17(12-15)24(5)21(28)23(16)4/h6-7,9,11-13H,8,10H2,1-5H3,(H,22,26). The quantitative estimate of drug-likeness (QED) is 0.737. The number of amides is 1. The number of hydrogen-bond acceptors (Lipinski definition) is 3. The molecule has 1 amide bonds. The molecule has 3 aromatic rings. The normalized spacial score (nSPS) is 11.4. The Labute approximate surface area is 163 Å². The molecule has 0 aliphatic carbocycles. The van der Waals surface area contributed by atoms with Crippen molar-refractivity contribution in [2.45, 2.75) is 33.7 Å². The van der Waals surface area contributed by atoms with E-state index in [-0.39, 0.29) is 16.8 Å². The number of rotatable bonds is 5. The fourth-order valence-corrected chi connectivity index (χ4v) is 3.29. The zero-order valence-electron chi connectivity index (χ0n) is 16.9. The van der Waals surface area contributed by atoms with Crippen LogP contribution >= 0.6 is 0 Å². The lowest BCUT2D eigenvalue weighted by molar-refractivity contribution is 0.102. The minimum absolute atomic E-state index is 0.134. The third-order valence-electron chi connectivity index (χ3n) is 5.08. The lowest BCUT2D eigenvalue weighted by Gasteiger charge is -2.12. The summed E-state index contributed by atoms with van der Waals surface area (Å²) >= 11 is 0. The largest absolute Gasteiger partial charge is 0.328 e. The van der Waals surface area contributed by atoms with Crippen LogP contribution in [0, 0.1) is 12.8 Å². The van der Waals surface area contributed by atoms with Crippen LogP contribution in [0.15, 0.2) is 40.1 Å². The predicted molar refractivity (Wildman–Crippen MR) is 111 cm³/mol. The molecule has 1 N–H and O–H groups in total. The number of aromatic nitrogens is 3. The molecule has 2 aromatic heterocycles. The van der Waals surface area contributed by atoms with E-state index in [1.165, 1.54) is 4.57 Å². The number of nitrogens with zero attached hydrogens (tertiary/aromatic N) is 3. The molecular formula is C21H26N4O3. The molecule has 0 aliphatic rings. The SMILES string of the molecule is Cc1ccn(CCC(C)C)c(=O)c1C(=O)Nc1ccc2c(c1)n(C)c(=O)n2C. The van der Waals surface area contributed by atoms with Crippen molar-refractivity contribution in [1.29, 1.82) is 0 Å². The molecule has 1 aromatic carbocycles. The number of nitrogens with one attached hydrogen (secondary N) is 1. The first-order valence-corrected chi connectivity index (χ1v) is 9.37.